The van der Waals surface area contributed by atoms with Crippen molar-refractivity contribution in [3.05, 3.63) is 34.7 Å². The van der Waals surface area contributed by atoms with Crippen LogP contribution in [0, 0.1) is 5.82 Å². The van der Waals surface area contributed by atoms with Crippen LogP contribution < -0.4 is 0 Å². The third kappa shape index (κ3) is 2.08. The van der Waals surface area contributed by atoms with Crippen molar-refractivity contribution in [3.63, 3.8) is 0 Å². The van der Waals surface area contributed by atoms with Gasteiger partial charge in [-0.3, -0.25) is 4.98 Å². The summed E-state index contributed by atoms with van der Waals surface area (Å²) in [5.41, 5.74) is 1.17. The van der Waals surface area contributed by atoms with Crippen molar-refractivity contribution in [1.29, 1.82) is 0 Å². The Labute approximate surface area is 102 Å². The Morgan fingerprint density at radius 2 is 2.41 bits per heavy atom. The SMILES string of the molecule is Fc1cnccc1-c1csc([C@H]2CCCO2)n1. The molecule has 0 aliphatic carbocycles. The summed E-state index contributed by atoms with van der Waals surface area (Å²) in [5.74, 6) is -0.336. The Bertz CT molecular complexity index is 523. The van der Waals surface area contributed by atoms with E-state index >= 15 is 0 Å². The lowest BCUT2D eigenvalue weighted by atomic mass is 10.2. The molecule has 3 rings (SSSR count). The van der Waals surface area contributed by atoms with E-state index in [2.05, 4.69) is 9.97 Å². The second-order valence-electron chi connectivity index (χ2n) is 3.93. The van der Waals surface area contributed by atoms with Crippen molar-refractivity contribution >= 4 is 11.3 Å². The zero-order valence-corrected chi connectivity index (χ0v) is 9.91. The quantitative estimate of drug-likeness (QED) is 0.821. The molecule has 2 aromatic heterocycles. The molecule has 0 saturated carbocycles. The molecule has 0 amide bonds. The minimum absolute atomic E-state index is 0.0960. The van der Waals surface area contributed by atoms with E-state index in [0.717, 1.165) is 24.5 Å². The number of aromatic nitrogens is 2. The number of rotatable bonds is 2. The average molecular weight is 250 g/mol. The number of hydrogen-bond donors (Lipinski definition) is 0. The predicted molar refractivity (Wildman–Crippen MR) is 63.2 cm³/mol. The molecule has 1 aliphatic rings. The fraction of sp³-hybridized carbons (Fsp3) is 0.333. The first-order valence-electron chi connectivity index (χ1n) is 5.51. The average Bonchev–Trinajstić information content (AvgIpc) is 3.00. The number of hydrogen-bond acceptors (Lipinski definition) is 4. The fourth-order valence-electron chi connectivity index (χ4n) is 1.91. The van der Waals surface area contributed by atoms with E-state index in [4.69, 9.17) is 4.74 Å². The van der Waals surface area contributed by atoms with Gasteiger partial charge in [-0.15, -0.1) is 11.3 Å². The molecule has 1 aliphatic heterocycles. The van der Waals surface area contributed by atoms with Crippen molar-refractivity contribution in [2.45, 2.75) is 18.9 Å². The lowest BCUT2D eigenvalue weighted by molar-refractivity contribution is 0.112. The van der Waals surface area contributed by atoms with E-state index in [9.17, 15) is 4.39 Å². The summed E-state index contributed by atoms with van der Waals surface area (Å²) < 4.78 is 19.1. The normalized spacial score (nSPS) is 19.7. The van der Waals surface area contributed by atoms with Crippen LogP contribution in [0.15, 0.2) is 23.8 Å². The minimum atomic E-state index is -0.336. The van der Waals surface area contributed by atoms with Gasteiger partial charge in [0.25, 0.3) is 0 Å². The first-order valence-corrected chi connectivity index (χ1v) is 6.39. The van der Waals surface area contributed by atoms with Crippen LogP contribution in [0.5, 0.6) is 0 Å². The molecule has 1 atom stereocenters. The standard InChI is InChI=1S/C12H11FN2OS/c13-9-6-14-4-3-8(9)10-7-17-12(15-10)11-2-1-5-16-11/h3-4,6-7,11H,1-2,5H2/t11-/m1/s1. The van der Waals surface area contributed by atoms with Gasteiger partial charge in [-0.1, -0.05) is 0 Å². The lowest BCUT2D eigenvalue weighted by Gasteiger charge is -2.03. The molecule has 17 heavy (non-hydrogen) atoms. The maximum Gasteiger partial charge on any atom is 0.150 e. The van der Waals surface area contributed by atoms with Gasteiger partial charge in [0.2, 0.25) is 0 Å². The zero-order chi connectivity index (χ0) is 11.7. The Morgan fingerprint density at radius 3 is 3.18 bits per heavy atom. The molecular weight excluding hydrogens is 239 g/mol. The summed E-state index contributed by atoms with van der Waals surface area (Å²) in [7, 11) is 0. The van der Waals surface area contributed by atoms with Crippen LogP contribution >= 0.6 is 11.3 Å². The van der Waals surface area contributed by atoms with Gasteiger partial charge in [-0.05, 0) is 18.9 Å². The van der Waals surface area contributed by atoms with Gasteiger partial charge >= 0.3 is 0 Å². The molecule has 5 heteroatoms. The molecule has 0 aromatic carbocycles. The van der Waals surface area contributed by atoms with Crippen molar-refractivity contribution in [1.82, 2.24) is 9.97 Å². The first-order chi connectivity index (χ1) is 8.34. The molecular formula is C12H11FN2OS. The molecule has 1 fully saturated rings. The highest BCUT2D eigenvalue weighted by Gasteiger charge is 2.21. The van der Waals surface area contributed by atoms with Gasteiger partial charge in [0.05, 0.1) is 11.9 Å². The van der Waals surface area contributed by atoms with Crippen molar-refractivity contribution in [3.8, 4) is 11.3 Å². The van der Waals surface area contributed by atoms with Crippen molar-refractivity contribution in [2.24, 2.45) is 0 Å². The molecule has 0 unspecified atom stereocenters. The number of nitrogens with zero attached hydrogens (tertiary/aromatic N) is 2. The molecule has 88 valence electrons. The monoisotopic (exact) mass is 250 g/mol. The summed E-state index contributed by atoms with van der Waals surface area (Å²) in [6.07, 6.45) is 4.96. The highest BCUT2D eigenvalue weighted by atomic mass is 32.1. The molecule has 0 N–H and O–H groups in total. The van der Waals surface area contributed by atoms with Gasteiger partial charge in [-0.2, -0.15) is 0 Å². The van der Waals surface area contributed by atoms with Crippen LogP contribution in [0.1, 0.15) is 24.0 Å². The lowest BCUT2D eigenvalue weighted by Crippen LogP contribution is -1.95. The molecule has 3 heterocycles. The predicted octanol–water partition coefficient (Wildman–Crippen LogP) is 3.20. The molecule has 3 nitrogen and oxygen atoms in total. The van der Waals surface area contributed by atoms with Crippen molar-refractivity contribution < 1.29 is 9.13 Å². The van der Waals surface area contributed by atoms with Crippen LogP contribution in [-0.2, 0) is 4.74 Å². The van der Waals surface area contributed by atoms with Crippen LogP contribution in [-0.4, -0.2) is 16.6 Å². The van der Waals surface area contributed by atoms with Crippen LogP contribution in [0.4, 0.5) is 4.39 Å². The van der Waals surface area contributed by atoms with Crippen LogP contribution in [0.2, 0.25) is 0 Å². The highest BCUT2D eigenvalue weighted by molar-refractivity contribution is 7.10. The highest BCUT2D eigenvalue weighted by Crippen LogP contribution is 2.33. The minimum Gasteiger partial charge on any atom is -0.371 e. The summed E-state index contributed by atoms with van der Waals surface area (Å²) in [4.78, 5) is 8.18. The summed E-state index contributed by atoms with van der Waals surface area (Å²) in [5, 5.41) is 2.81. The Hall–Kier alpha value is -1.33. The Kier molecular flexibility index (Phi) is 2.86. The van der Waals surface area contributed by atoms with E-state index < -0.39 is 0 Å². The van der Waals surface area contributed by atoms with Gasteiger partial charge < -0.3 is 4.74 Å². The number of thiazole rings is 1. The molecule has 0 spiro atoms. The molecule has 2 aromatic rings. The summed E-state index contributed by atoms with van der Waals surface area (Å²) in [6, 6.07) is 1.64. The first kappa shape index (κ1) is 10.8. The third-order valence-electron chi connectivity index (χ3n) is 2.78. The largest absolute Gasteiger partial charge is 0.371 e. The van der Waals surface area contributed by atoms with Gasteiger partial charge in [0.1, 0.15) is 11.1 Å². The van der Waals surface area contributed by atoms with E-state index in [0.29, 0.717) is 11.3 Å². The molecule has 0 bridgehead atoms. The second-order valence-corrected chi connectivity index (χ2v) is 4.82. The Morgan fingerprint density at radius 1 is 1.47 bits per heavy atom. The van der Waals surface area contributed by atoms with E-state index in [-0.39, 0.29) is 11.9 Å². The summed E-state index contributed by atoms with van der Waals surface area (Å²) >= 11 is 1.53. The van der Waals surface area contributed by atoms with Crippen LogP contribution in [0.25, 0.3) is 11.3 Å². The van der Waals surface area contributed by atoms with Crippen molar-refractivity contribution in [2.75, 3.05) is 6.61 Å². The van der Waals surface area contributed by atoms with Gasteiger partial charge in [0, 0.05) is 23.7 Å². The second kappa shape index (κ2) is 4.50. The van der Waals surface area contributed by atoms with Gasteiger partial charge in [0.15, 0.2) is 5.82 Å². The number of pyridine rings is 1. The topological polar surface area (TPSA) is 35.0 Å². The summed E-state index contributed by atoms with van der Waals surface area (Å²) in [6.45, 7) is 0.795. The maximum absolute atomic E-state index is 13.5. The zero-order valence-electron chi connectivity index (χ0n) is 9.10. The van der Waals surface area contributed by atoms with Crippen LogP contribution in [0.3, 0.4) is 0 Å². The molecule has 0 radical (unpaired) electrons. The number of halogens is 1. The fourth-order valence-corrected chi connectivity index (χ4v) is 2.82. The Balaban J connectivity index is 1.92. The third-order valence-corrected chi connectivity index (χ3v) is 3.71. The number of ether oxygens (including phenoxy) is 1. The van der Waals surface area contributed by atoms with E-state index in [1.54, 1.807) is 12.3 Å². The molecule has 1 saturated heterocycles. The van der Waals surface area contributed by atoms with Gasteiger partial charge in [-0.25, -0.2) is 9.37 Å². The van der Waals surface area contributed by atoms with E-state index in [1.807, 2.05) is 5.38 Å². The smallest absolute Gasteiger partial charge is 0.150 e. The van der Waals surface area contributed by atoms with E-state index in [1.165, 1.54) is 17.5 Å². The maximum atomic E-state index is 13.5.